The van der Waals surface area contributed by atoms with Gasteiger partial charge in [0.2, 0.25) is 5.89 Å². The summed E-state index contributed by atoms with van der Waals surface area (Å²) in [5.41, 5.74) is -3.69. The number of nitro groups is 1. The molecule has 1 atom stereocenters. The standard InChI is InChI=1S/C6H5F3N2O4/c7-6(8,9)5(12,3-11(13)14)4-10-1-2-15-4/h1-2,12H,3H2. The summed E-state index contributed by atoms with van der Waals surface area (Å²) in [7, 11) is 0. The molecule has 0 amide bonds. The second-order valence-electron chi connectivity index (χ2n) is 2.69. The highest BCUT2D eigenvalue weighted by Crippen LogP contribution is 2.38. The summed E-state index contributed by atoms with van der Waals surface area (Å²) >= 11 is 0. The Kier molecular flexibility index (Phi) is 2.67. The van der Waals surface area contributed by atoms with Crippen molar-refractivity contribution in [3.8, 4) is 0 Å². The second kappa shape index (κ2) is 3.50. The topological polar surface area (TPSA) is 89.4 Å². The van der Waals surface area contributed by atoms with Crippen LogP contribution in [0, 0.1) is 10.1 Å². The van der Waals surface area contributed by atoms with Gasteiger partial charge in [-0.2, -0.15) is 13.2 Å². The van der Waals surface area contributed by atoms with Crippen molar-refractivity contribution in [1.82, 2.24) is 4.98 Å². The Hall–Kier alpha value is -1.64. The van der Waals surface area contributed by atoms with Crippen LogP contribution in [0.4, 0.5) is 13.2 Å². The zero-order valence-electron chi connectivity index (χ0n) is 7.06. The molecule has 1 aromatic heterocycles. The summed E-state index contributed by atoms with van der Waals surface area (Å²) in [6.07, 6.45) is -3.59. The van der Waals surface area contributed by atoms with E-state index in [1.807, 2.05) is 0 Å². The maximum Gasteiger partial charge on any atom is 0.432 e. The van der Waals surface area contributed by atoms with Crippen molar-refractivity contribution in [2.45, 2.75) is 11.8 Å². The summed E-state index contributed by atoms with van der Waals surface area (Å²) in [5.74, 6) is -1.15. The van der Waals surface area contributed by atoms with Crippen LogP contribution in [-0.2, 0) is 5.60 Å². The number of alkyl halides is 3. The lowest BCUT2D eigenvalue weighted by atomic mass is 10.0. The molecule has 0 bridgehead atoms. The first-order valence-electron chi connectivity index (χ1n) is 3.58. The first-order valence-corrected chi connectivity index (χ1v) is 3.58. The van der Waals surface area contributed by atoms with Crippen LogP contribution in [0.15, 0.2) is 16.9 Å². The molecule has 0 saturated carbocycles. The molecule has 0 aliphatic carbocycles. The third kappa shape index (κ3) is 2.06. The molecule has 0 aliphatic rings. The second-order valence-corrected chi connectivity index (χ2v) is 2.69. The zero-order valence-corrected chi connectivity index (χ0v) is 7.06. The minimum Gasteiger partial charge on any atom is -0.445 e. The Morgan fingerprint density at radius 1 is 1.60 bits per heavy atom. The van der Waals surface area contributed by atoms with E-state index < -0.39 is 29.1 Å². The van der Waals surface area contributed by atoms with E-state index in [-0.39, 0.29) is 0 Å². The molecule has 0 saturated heterocycles. The maximum atomic E-state index is 12.4. The highest BCUT2D eigenvalue weighted by atomic mass is 19.4. The van der Waals surface area contributed by atoms with E-state index >= 15 is 0 Å². The quantitative estimate of drug-likeness (QED) is 0.605. The van der Waals surface area contributed by atoms with Crippen LogP contribution in [0.25, 0.3) is 0 Å². The number of hydrogen-bond donors (Lipinski definition) is 1. The molecule has 15 heavy (non-hydrogen) atoms. The van der Waals surface area contributed by atoms with Crippen LogP contribution in [0.3, 0.4) is 0 Å². The van der Waals surface area contributed by atoms with E-state index in [1.54, 1.807) is 0 Å². The molecule has 0 fully saturated rings. The molecule has 6 nitrogen and oxygen atoms in total. The molecular weight excluding hydrogens is 221 g/mol. The Morgan fingerprint density at radius 3 is 2.53 bits per heavy atom. The molecular formula is C6H5F3N2O4. The highest BCUT2D eigenvalue weighted by Gasteiger charge is 2.62. The third-order valence-corrected chi connectivity index (χ3v) is 1.61. The monoisotopic (exact) mass is 226 g/mol. The minimum atomic E-state index is -5.23. The van der Waals surface area contributed by atoms with Crippen molar-refractivity contribution < 1.29 is 27.6 Å². The van der Waals surface area contributed by atoms with Gasteiger partial charge in [-0.3, -0.25) is 10.1 Å². The molecule has 1 N–H and O–H groups in total. The van der Waals surface area contributed by atoms with E-state index in [4.69, 9.17) is 5.11 Å². The van der Waals surface area contributed by atoms with Crippen molar-refractivity contribution in [3.63, 3.8) is 0 Å². The van der Waals surface area contributed by atoms with Crippen molar-refractivity contribution in [3.05, 3.63) is 28.5 Å². The molecule has 0 spiro atoms. The van der Waals surface area contributed by atoms with Gasteiger partial charge in [-0.25, -0.2) is 4.98 Å². The Balaban J connectivity index is 3.13. The van der Waals surface area contributed by atoms with Gasteiger partial charge in [-0.05, 0) is 0 Å². The first kappa shape index (κ1) is 11.4. The number of aliphatic hydroxyl groups is 1. The van der Waals surface area contributed by atoms with E-state index in [9.17, 15) is 23.3 Å². The predicted molar refractivity (Wildman–Crippen MR) is 38.3 cm³/mol. The number of halogens is 3. The lowest BCUT2D eigenvalue weighted by molar-refractivity contribution is -0.520. The van der Waals surface area contributed by atoms with Crippen LogP contribution in [0.2, 0.25) is 0 Å². The van der Waals surface area contributed by atoms with E-state index in [0.29, 0.717) is 0 Å². The average Bonchev–Trinajstić information content (AvgIpc) is 2.51. The van der Waals surface area contributed by atoms with Crippen LogP contribution in [0.1, 0.15) is 5.89 Å². The van der Waals surface area contributed by atoms with Crippen molar-refractivity contribution in [1.29, 1.82) is 0 Å². The predicted octanol–water partition coefficient (Wildman–Crippen LogP) is 0.701. The van der Waals surface area contributed by atoms with Crippen LogP contribution >= 0.6 is 0 Å². The Labute approximate surface area is 80.5 Å². The van der Waals surface area contributed by atoms with Gasteiger partial charge in [0.1, 0.15) is 6.26 Å². The van der Waals surface area contributed by atoms with Gasteiger partial charge in [-0.1, -0.05) is 0 Å². The molecule has 0 radical (unpaired) electrons. The molecule has 1 unspecified atom stereocenters. The minimum absolute atomic E-state index is 0.784. The number of nitrogens with zero attached hydrogens (tertiary/aromatic N) is 2. The van der Waals surface area contributed by atoms with Crippen LogP contribution < -0.4 is 0 Å². The molecule has 9 heteroatoms. The van der Waals surface area contributed by atoms with E-state index in [1.165, 1.54) is 0 Å². The van der Waals surface area contributed by atoms with E-state index in [0.717, 1.165) is 12.5 Å². The molecule has 0 aromatic carbocycles. The summed E-state index contributed by atoms with van der Waals surface area (Å²) in [4.78, 5) is 11.8. The summed E-state index contributed by atoms with van der Waals surface area (Å²) < 4.78 is 41.4. The number of oxazole rings is 1. The molecule has 1 rings (SSSR count). The molecule has 1 heterocycles. The van der Waals surface area contributed by atoms with Crippen LogP contribution in [-0.4, -0.2) is 27.7 Å². The molecule has 84 valence electrons. The van der Waals surface area contributed by atoms with Gasteiger partial charge >= 0.3 is 11.8 Å². The number of rotatable bonds is 3. The smallest absolute Gasteiger partial charge is 0.432 e. The fourth-order valence-electron chi connectivity index (χ4n) is 0.893. The lowest BCUT2D eigenvalue weighted by Crippen LogP contribution is -2.48. The van der Waals surface area contributed by atoms with Crippen molar-refractivity contribution >= 4 is 0 Å². The fraction of sp³-hybridized carbons (Fsp3) is 0.500. The summed E-state index contributed by atoms with van der Waals surface area (Å²) in [5, 5.41) is 19.2. The first-order chi connectivity index (χ1) is 6.77. The summed E-state index contributed by atoms with van der Waals surface area (Å²) in [6.45, 7) is -1.75. The fourth-order valence-corrected chi connectivity index (χ4v) is 0.893. The Bertz CT molecular complexity index is 350. The van der Waals surface area contributed by atoms with Gasteiger partial charge in [0.15, 0.2) is 0 Å². The van der Waals surface area contributed by atoms with Crippen LogP contribution in [0.5, 0.6) is 0 Å². The van der Waals surface area contributed by atoms with Gasteiger partial charge in [-0.15, -0.1) is 0 Å². The summed E-state index contributed by atoms with van der Waals surface area (Å²) in [6, 6.07) is 0. The normalized spacial score (nSPS) is 16.0. The van der Waals surface area contributed by atoms with Crippen molar-refractivity contribution in [2.75, 3.05) is 6.54 Å². The molecule has 1 aromatic rings. The lowest BCUT2D eigenvalue weighted by Gasteiger charge is -2.22. The molecule has 0 aliphatic heterocycles. The van der Waals surface area contributed by atoms with Gasteiger partial charge in [0.25, 0.3) is 6.54 Å². The van der Waals surface area contributed by atoms with Gasteiger partial charge in [0, 0.05) is 4.92 Å². The Morgan fingerprint density at radius 2 is 2.20 bits per heavy atom. The maximum absolute atomic E-state index is 12.4. The van der Waals surface area contributed by atoms with E-state index in [2.05, 4.69) is 9.40 Å². The number of aromatic nitrogens is 1. The van der Waals surface area contributed by atoms with Gasteiger partial charge in [0.05, 0.1) is 6.20 Å². The van der Waals surface area contributed by atoms with Crippen molar-refractivity contribution in [2.24, 2.45) is 0 Å². The zero-order chi connectivity index (χ0) is 11.7. The van der Waals surface area contributed by atoms with Gasteiger partial charge < -0.3 is 9.52 Å². The largest absolute Gasteiger partial charge is 0.445 e. The average molecular weight is 226 g/mol. The highest BCUT2D eigenvalue weighted by molar-refractivity contribution is 5.02. The number of hydrogen-bond acceptors (Lipinski definition) is 5. The SMILES string of the molecule is O=[N+]([O-])CC(O)(c1ncco1)C(F)(F)F. The third-order valence-electron chi connectivity index (χ3n) is 1.61.